The molecule has 0 bridgehead atoms. The second kappa shape index (κ2) is 5.99. The summed E-state index contributed by atoms with van der Waals surface area (Å²) in [7, 11) is 3.50. The number of ether oxygens (including phenoxy) is 1. The summed E-state index contributed by atoms with van der Waals surface area (Å²) in [6.07, 6.45) is 1.60. The van der Waals surface area contributed by atoms with Crippen LogP contribution in [0, 0.1) is 0 Å². The van der Waals surface area contributed by atoms with Gasteiger partial charge in [-0.2, -0.15) is 5.10 Å². The van der Waals surface area contributed by atoms with Crippen LogP contribution in [-0.4, -0.2) is 28.0 Å². The fraction of sp³-hybridized carbons (Fsp3) is 0.375. The molecular formula is C16H20N2O3. The van der Waals surface area contributed by atoms with Gasteiger partial charge in [-0.05, 0) is 31.0 Å². The summed E-state index contributed by atoms with van der Waals surface area (Å²) in [5, 5.41) is 13.8. The monoisotopic (exact) mass is 288 g/mol. The quantitative estimate of drug-likeness (QED) is 0.918. The van der Waals surface area contributed by atoms with Gasteiger partial charge in [-0.1, -0.05) is 13.8 Å². The lowest BCUT2D eigenvalue weighted by atomic mass is 9.97. The average molecular weight is 288 g/mol. The highest BCUT2D eigenvalue weighted by Gasteiger charge is 2.20. The lowest BCUT2D eigenvalue weighted by Gasteiger charge is -2.11. The summed E-state index contributed by atoms with van der Waals surface area (Å²) in [4.78, 5) is 11.2. The molecule has 0 aliphatic heterocycles. The molecule has 0 saturated heterocycles. The summed E-state index contributed by atoms with van der Waals surface area (Å²) in [6.45, 7) is 4.10. The molecule has 2 rings (SSSR count). The number of carboxylic acid groups (broad SMARTS) is 1. The number of carboxylic acids is 1. The van der Waals surface area contributed by atoms with Gasteiger partial charge in [-0.15, -0.1) is 0 Å². The number of nitrogens with zero attached hydrogens (tertiary/aromatic N) is 2. The molecule has 0 aliphatic carbocycles. The molecule has 1 N–H and O–H groups in total. The van der Waals surface area contributed by atoms with Crippen molar-refractivity contribution in [3.8, 4) is 16.9 Å². The third-order valence-corrected chi connectivity index (χ3v) is 3.62. The van der Waals surface area contributed by atoms with Crippen molar-refractivity contribution in [2.75, 3.05) is 7.11 Å². The maximum Gasteiger partial charge on any atom is 0.335 e. The fourth-order valence-corrected chi connectivity index (χ4v) is 2.62. The molecule has 2 aromatic rings. The van der Waals surface area contributed by atoms with E-state index >= 15 is 0 Å². The highest BCUT2D eigenvalue weighted by atomic mass is 16.5. The van der Waals surface area contributed by atoms with Crippen molar-refractivity contribution in [2.24, 2.45) is 7.05 Å². The highest BCUT2D eigenvalue weighted by Crippen LogP contribution is 2.36. The van der Waals surface area contributed by atoms with Gasteiger partial charge in [-0.3, -0.25) is 4.68 Å². The first-order valence-corrected chi connectivity index (χ1v) is 6.99. The van der Waals surface area contributed by atoms with E-state index in [0.29, 0.717) is 5.75 Å². The number of aromatic carboxylic acids is 1. The zero-order valence-corrected chi connectivity index (χ0v) is 12.8. The van der Waals surface area contributed by atoms with Gasteiger partial charge in [0.25, 0.3) is 0 Å². The predicted molar refractivity (Wildman–Crippen MR) is 80.9 cm³/mol. The number of carbonyl (C=O) groups is 1. The Balaban J connectivity index is 2.75. The molecule has 1 aromatic heterocycles. The molecule has 5 heteroatoms. The molecule has 1 aromatic carbocycles. The molecule has 112 valence electrons. The van der Waals surface area contributed by atoms with Gasteiger partial charge in [0.15, 0.2) is 0 Å². The number of aromatic nitrogens is 2. The maximum absolute atomic E-state index is 11.2. The van der Waals surface area contributed by atoms with Crippen LogP contribution in [0.3, 0.4) is 0 Å². The molecule has 0 saturated carbocycles. The Labute approximate surface area is 124 Å². The fourth-order valence-electron chi connectivity index (χ4n) is 2.62. The Hall–Kier alpha value is -2.30. The van der Waals surface area contributed by atoms with Crippen LogP contribution in [0.4, 0.5) is 0 Å². The summed E-state index contributed by atoms with van der Waals surface area (Å²) in [5.41, 5.74) is 4.06. The Morgan fingerprint density at radius 1 is 1.33 bits per heavy atom. The SMILES string of the molecule is CCc1nn(C)c(CC)c1-c1cc(C(=O)O)ccc1OC. The molecule has 0 spiro atoms. The van der Waals surface area contributed by atoms with Crippen molar-refractivity contribution < 1.29 is 14.6 Å². The van der Waals surface area contributed by atoms with Gasteiger partial charge >= 0.3 is 5.97 Å². The Morgan fingerprint density at radius 2 is 2.05 bits per heavy atom. The van der Waals surface area contributed by atoms with E-state index in [-0.39, 0.29) is 5.56 Å². The smallest absolute Gasteiger partial charge is 0.335 e. The number of benzene rings is 1. The average Bonchev–Trinajstić information content (AvgIpc) is 2.81. The van der Waals surface area contributed by atoms with E-state index in [1.54, 1.807) is 25.3 Å². The number of hydrogen-bond donors (Lipinski definition) is 1. The number of aryl methyl sites for hydroxylation is 2. The Bertz CT molecular complexity index is 674. The summed E-state index contributed by atoms with van der Waals surface area (Å²) < 4.78 is 7.27. The second-order valence-electron chi connectivity index (χ2n) is 4.82. The van der Waals surface area contributed by atoms with Crippen LogP contribution in [0.15, 0.2) is 18.2 Å². The van der Waals surface area contributed by atoms with Gasteiger partial charge in [0, 0.05) is 23.9 Å². The van der Waals surface area contributed by atoms with Gasteiger partial charge in [0.2, 0.25) is 0 Å². The number of methoxy groups -OCH3 is 1. The Morgan fingerprint density at radius 3 is 2.57 bits per heavy atom. The summed E-state index contributed by atoms with van der Waals surface area (Å²) in [5.74, 6) is -0.281. The van der Waals surface area contributed by atoms with Crippen LogP contribution < -0.4 is 4.74 Å². The van der Waals surface area contributed by atoms with Crippen molar-refractivity contribution in [1.29, 1.82) is 0 Å². The molecule has 0 fully saturated rings. The molecule has 5 nitrogen and oxygen atoms in total. The van der Waals surface area contributed by atoms with Crippen LogP contribution >= 0.6 is 0 Å². The maximum atomic E-state index is 11.2. The van der Waals surface area contributed by atoms with Crippen LogP contribution in [0.5, 0.6) is 5.75 Å². The molecule has 0 atom stereocenters. The van der Waals surface area contributed by atoms with E-state index in [1.807, 2.05) is 18.7 Å². The molecule has 0 radical (unpaired) electrons. The second-order valence-corrected chi connectivity index (χ2v) is 4.82. The lowest BCUT2D eigenvalue weighted by Crippen LogP contribution is -2.00. The highest BCUT2D eigenvalue weighted by molar-refractivity contribution is 5.91. The topological polar surface area (TPSA) is 64.4 Å². The van der Waals surface area contributed by atoms with E-state index in [2.05, 4.69) is 12.0 Å². The van der Waals surface area contributed by atoms with Crippen LogP contribution in [0.1, 0.15) is 35.6 Å². The first kappa shape index (κ1) is 15.1. The minimum atomic E-state index is -0.945. The molecule has 21 heavy (non-hydrogen) atoms. The van der Waals surface area contributed by atoms with Crippen LogP contribution in [0.2, 0.25) is 0 Å². The minimum absolute atomic E-state index is 0.249. The van der Waals surface area contributed by atoms with Gasteiger partial charge in [-0.25, -0.2) is 4.79 Å². The standard InChI is InChI=1S/C16H20N2O3/c1-5-12-15(13(6-2)18(3)17-12)11-9-10(16(19)20)7-8-14(11)21-4/h7-9H,5-6H2,1-4H3,(H,19,20). The van der Waals surface area contributed by atoms with Crippen molar-refractivity contribution in [3.63, 3.8) is 0 Å². The van der Waals surface area contributed by atoms with Crippen molar-refractivity contribution in [2.45, 2.75) is 26.7 Å². The van der Waals surface area contributed by atoms with E-state index in [1.165, 1.54) is 0 Å². The first-order valence-electron chi connectivity index (χ1n) is 6.99. The van der Waals surface area contributed by atoms with Gasteiger partial charge < -0.3 is 9.84 Å². The van der Waals surface area contributed by atoms with Crippen LogP contribution in [-0.2, 0) is 19.9 Å². The van der Waals surface area contributed by atoms with E-state index in [9.17, 15) is 9.90 Å². The van der Waals surface area contributed by atoms with Crippen molar-refractivity contribution >= 4 is 5.97 Å². The normalized spacial score (nSPS) is 10.7. The summed E-state index contributed by atoms with van der Waals surface area (Å²) in [6, 6.07) is 4.92. The molecule has 1 heterocycles. The summed E-state index contributed by atoms with van der Waals surface area (Å²) >= 11 is 0. The molecule has 0 aliphatic rings. The predicted octanol–water partition coefficient (Wildman–Crippen LogP) is 2.92. The number of hydrogen-bond acceptors (Lipinski definition) is 3. The Kier molecular flexibility index (Phi) is 4.31. The third-order valence-electron chi connectivity index (χ3n) is 3.62. The number of rotatable bonds is 5. The van der Waals surface area contributed by atoms with E-state index in [4.69, 9.17) is 4.74 Å². The van der Waals surface area contributed by atoms with Gasteiger partial charge in [0.05, 0.1) is 18.4 Å². The lowest BCUT2D eigenvalue weighted by molar-refractivity contribution is 0.0697. The van der Waals surface area contributed by atoms with E-state index < -0.39 is 5.97 Å². The van der Waals surface area contributed by atoms with Crippen molar-refractivity contribution in [1.82, 2.24) is 9.78 Å². The first-order chi connectivity index (χ1) is 10.0. The molecule has 0 amide bonds. The van der Waals surface area contributed by atoms with E-state index in [0.717, 1.165) is 35.4 Å². The van der Waals surface area contributed by atoms with Gasteiger partial charge in [0.1, 0.15) is 5.75 Å². The zero-order chi connectivity index (χ0) is 15.6. The van der Waals surface area contributed by atoms with Crippen molar-refractivity contribution in [3.05, 3.63) is 35.2 Å². The molecule has 0 unspecified atom stereocenters. The zero-order valence-electron chi connectivity index (χ0n) is 12.8. The third kappa shape index (κ3) is 2.63. The molecular weight excluding hydrogens is 268 g/mol. The minimum Gasteiger partial charge on any atom is -0.496 e. The largest absolute Gasteiger partial charge is 0.496 e. The van der Waals surface area contributed by atoms with Crippen LogP contribution in [0.25, 0.3) is 11.1 Å².